The van der Waals surface area contributed by atoms with Crippen LogP contribution in [-0.4, -0.2) is 0 Å². The molecule has 3 aromatic rings. The fourth-order valence-corrected chi connectivity index (χ4v) is 2.80. The van der Waals surface area contributed by atoms with Gasteiger partial charge in [-0.1, -0.05) is 54.1 Å². The highest BCUT2D eigenvalue weighted by Crippen LogP contribution is 2.37. The molecule has 0 aromatic heterocycles. The second kappa shape index (κ2) is 4.63. The lowest BCUT2D eigenvalue weighted by molar-refractivity contribution is 1.44. The SMILES string of the molecule is Cc1ccc(-c2c(S)cc(N)c3ccccc23)cc1. The normalized spacial score (nSPS) is 10.8. The lowest BCUT2D eigenvalue weighted by Crippen LogP contribution is -1.91. The van der Waals surface area contributed by atoms with Crippen LogP contribution in [0.1, 0.15) is 5.56 Å². The Morgan fingerprint density at radius 3 is 2.21 bits per heavy atom. The summed E-state index contributed by atoms with van der Waals surface area (Å²) in [6, 6.07) is 18.6. The van der Waals surface area contributed by atoms with Crippen molar-refractivity contribution in [1.29, 1.82) is 0 Å². The van der Waals surface area contributed by atoms with E-state index in [9.17, 15) is 0 Å². The van der Waals surface area contributed by atoms with Crippen LogP contribution in [0.5, 0.6) is 0 Å². The minimum atomic E-state index is 0.775. The summed E-state index contributed by atoms with van der Waals surface area (Å²) in [4.78, 5) is 0.917. The molecule has 0 saturated carbocycles. The maximum atomic E-state index is 6.08. The molecule has 0 unspecified atom stereocenters. The molecule has 0 fully saturated rings. The van der Waals surface area contributed by atoms with Gasteiger partial charge >= 0.3 is 0 Å². The van der Waals surface area contributed by atoms with Gasteiger partial charge in [-0.25, -0.2) is 0 Å². The summed E-state index contributed by atoms with van der Waals surface area (Å²) >= 11 is 4.60. The Morgan fingerprint density at radius 2 is 1.53 bits per heavy atom. The number of anilines is 1. The minimum absolute atomic E-state index is 0.775. The monoisotopic (exact) mass is 265 g/mol. The van der Waals surface area contributed by atoms with E-state index in [-0.39, 0.29) is 0 Å². The largest absolute Gasteiger partial charge is 0.398 e. The second-order valence-corrected chi connectivity index (χ2v) is 5.25. The molecule has 3 rings (SSSR count). The van der Waals surface area contributed by atoms with Crippen molar-refractivity contribution >= 4 is 29.1 Å². The zero-order chi connectivity index (χ0) is 13.4. The number of nitrogen functional groups attached to an aromatic ring is 1. The zero-order valence-corrected chi connectivity index (χ0v) is 11.6. The highest BCUT2D eigenvalue weighted by atomic mass is 32.1. The maximum Gasteiger partial charge on any atom is 0.0405 e. The van der Waals surface area contributed by atoms with Crippen LogP contribution < -0.4 is 5.73 Å². The van der Waals surface area contributed by atoms with E-state index in [0.29, 0.717) is 0 Å². The summed E-state index contributed by atoms with van der Waals surface area (Å²) in [5, 5.41) is 2.23. The van der Waals surface area contributed by atoms with E-state index in [1.165, 1.54) is 11.1 Å². The molecule has 0 amide bonds. The number of fused-ring (bicyclic) bond motifs is 1. The predicted molar refractivity (Wildman–Crippen MR) is 85.8 cm³/mol. The average molecular weight is 265 g/mol. The molecule has 0 atom stereocenters. The number of nitrogens with two attached hydrogens (primary N) is 1. The van der Waals surface area contributed by atoms with Gasteiger partial charge in [0.25, 0.3) is 0 Å². The summed E-state index contributed by atoms with van der Waals surface area (Å²) in [5.74, 6) is 0. The molecule has 3 aromatic carbocycles. The molecular weight excluding hydrogens is 250 g/mol. The summed E-state index contributed by atoms with van der Waals surface area (Å²) in [7, 11) is 0. The second-order valence-electron chi connectivity index (χ2n) is 4.77. The summed E-state index contributed by atoms with van der Waals surface area (Å²) in [6.07, 6.45) is 0. The highest BCUT2D eigenvalue weighted by Gasteiger charge is 2.10. The molecule has 0 aliphatic rings. The fraction of sp³-hybridized carbons (Fsp3) is 0.0588. The van der Waals surface area contributed by atoms with Crippen molar-refractivity contribution in [3.05, 3.63) is 60.2 Å². The van der Waals surface area contributed by atoms with Crippen molar-refractivity contribution in [3.63, 3.8) is 0 Å². The van der Waals surface area contributed by atoms with Crippen molar-refractivity contribution in [2.24, 2.45) is 0 Å². The molecular formula is C17H15NS. The Labute approximate surface area is 118 Å². The van der Waals surface area contributed by atoms with Gasteiger partial charge in [-0.3, -0.25) is 0 Å². The van der Waals surface area contributed by atoms with Gasteiger partial charge in [0.1, 0.15) is 0 Å². The van der Waals surface area contributed by atoms with E-state index in [2.05, 4.69) is 56.0 Å². The number of hydrogen-bond acceptors (Lipinski definition) is 2. The van der Waals surface area contributed by atoms with Gasteiger partial charge in [0.05, 0.1) is 0 Å². The third kappa shape index (κ3) is 2.08. The molecule has 0 aliphatic carbocycles. The molecule has 0 spiro atoms. The number of thiol groups is 1. The molecule has 0 heterocycles. The van der Waals surface area contributed by atoms with E-state index in [4.69, 9.17) is 5.73 Å². The van der Waals surface area contributed by atoms with Crippen molar-refractivity contribution in [2.45, 2.75) is 11.8 Å². The number of rotatable bonds is 1. The van der Waals surface area contributed by atoms with Crippen molar-refractivity contribution in [2.75, 3.05) is 5.73 Å². The Balaban J connectivity index is 2.37. The molecule has 94 valence electrons. The van der Waals surface area contributed by atoms with Crippen LogP contribution >= 0.6 is 12.6 Å². The minimum Gasteiger partial charge on any atom is -0.398 e. The van der Waals surface area contributed by atoms with Gasteiger partial charge in [0.2, 0.25) is 0 Å². The zero-order valence-electron chi connectivity index (χ0n) is 10.7. The lowest BCUT2D eigenvalue weighted by Gasteiger charge is -2.12. The predicted octanol–water partition coefficient (Wildman–Crippen LogP) is 4.69. The molecule has 0 aliphatic heterocycles. The van der Waals surface area contributed by atoms with Crippen molar-refractivity contribution < 1.29 is 0 Å². The molecule has 0 radical (unpaired) electrons. The van der Waals surface area contributed by atoms with Crippen LogP contribution in [0.3, 0.4) is 0 Å². The first kappa shape index (κ1) is 12.1. The topological polar surface area (TPSA) is 26.0 Å². The first-order chi connectivity index (χ1) is 9.16. The van der Waals surface area contributed by atoms with Crippen LogP contribution in [0.25, 0.3) is 21.9 Å². The molecule has 0 bridgehead atoms. The van der Waals surface area contributed by atoms with E-state index in [1.54, 1.807) is 0 Å². The van der Waals surface area contributed by atoms with Gasteiger partial charge in [-0.15, -0.1) is 12.6 Å². The molecule has 0 saturated heterocycles. The smallest absolute Gasteiger partial charge is 0.0405 e. The van der Waals surface area contributed by atoms with Crippen LogP contribution in [0.2, 0.25) is 0 Å². The first-order valence-corrected chi connectivity index (χ1v) is 6.69. The standard InChI is InChI=1S/C17H15NS/c1-11-6-8-12(9-7-11)17-14-5-3-2-4-13(14)15(18)10-16(17)19/h2-10,19H,18H2,1H3. The van der Waals surface area contributed by atoms with Crippen LogP contribution in [0, 0.1) is 6.92 Å². The third-order valence-corrected chi connectivity index (χ3v) is 3.75. The van der Waals surface area contributed by atoms with Crippen molar-refractivity contribution in [1.82, 2.24) is 0 Å². The Bertz CT molecular complexity index is 745. The quantitative estimate of drug-likeness (QED) is 0.484. The van der Waals surface area contributed by atoms with Gasteiger partial charge in [0, 0.05) is 21.5 Å². The molecule has 2 heteroatoms. The van der Waals surface area contributed by atoms with Gasteiger partial charge < -0.3 is 5.73 Å². The third-order valence-electron chi connectivity index (χ3n) is 3.40. The van der Waals surface area contributed by atoms with Crippen LogP contribution in [-0.2, 0) is 0 Å². The Kier molecular flexibility index (Phi) is 2.96. The van der Waals surface area contributed by atoms with Crippen LogP contribution in [0.4, 0.5) is 5.69 Å². The summed E-state index contributed by atoms with van der Waals surface area (Å²) in [5.41, 5.74) is 10.4. The molecule has 2 N–H and O–H groups in total. The maximum absolute atomic E-state index is 6.08. The summed E-state index contributed by atoms with van der Waals surface area (Å²) in [6.45, 7) is 2.09. The van der Waals surface area contributed by atoms with Gasteiger partial charge in [0.15, 0.2) is 0 Å². The van der Waals surface area contributed by atoms with Gasteiger partial charge in [-0.05, 0) is 23.9 Å². The number of aryl methyl sites for hydroxylation is 1. The van der Waals surface area contributed by atoms with E-state index in [1.807, 2.05) is 18.2 Å². The van der Waals surface area contributed by atoms with E-state index >= 15 is 0 Å². The lowest BCUT2D eigenvalue weighted by atomic mass is 9.96. The molecule has 1 nitrogen and oxygen atoms in total. The Morgan fingerprint density at radius 1 is 0.895 bits per heavy atom. The fourth-order valence-electron chi connectivity index (χ4n) is 2.41. The van der Waals surface area contributed by atoms with Crippen LogP contribution in [0.15, 0.2) is 59.5 Å². The molecule has 19 heavy (non-hydrogen) atoms. The average Bonchev–Trinajstić information content (AvgIpc) is 2.41. The van der Waals surface area contributed by atoms with Gasteiger partial charge in [-0.2, -0.15) is 0 Å². The van der Waals surface area contributed by atoms with E-state index < -0.39 is 0 Å². The van der Waals surface area contributed by atoms with E-state index in [0.717, 1.165) is 26.9 Å². The Hall–Kier alpha value is -1.93. The first-order valence-electron chi connectivity index (χ1n) is 6.24. The van der Waals surface area contributed by atoms with Crippen molar-refractivity contribution in [3.8, 4) is 11.1 Å². The highest BCUT2D eigenvalue weighted by molar-refractivity contribution is 7.80. The number of benzene rings is 3. The summed E-state index contributed by atoms with van der Waals surface area (Å²) < 4.78 is 0. The number of hydrogen-bond donors (Lipinski definition) is 2.